The van der Waals surface area contributed by atoms with Gasteiger partial charge in [-0.05, 0) is 50.0 Å². The highest BCUT2D eigenvalue weighted by Gasteiger charge is 2.20. The van der Waals surface area contributed by atoms with E-state index in [-0.39, 0.29) is 0 Å². The van der Waals surface area contributed by atoms with E-state index in [0.29, 0.717) is 12.3 Å². The van der Waals surface area contributed by atoms with Crippen molar-refractivity contribution in [3.63, 3.8) is 0 Å². The number of likely N-dealkylation sites (tertiary alicyclic amines) is 1. The van der Waals surface area contributed by atoms with Crippen LogP contribution in [0.1, 0.15) is 29.9 Å². The highest BCUT2D eigenvalue weighted by atomic mass is 15.1. The molecule has 1 aromatic rings. The number of hydrogen-bond acceptors (Lipinski definition) is 2. The number of benzene rings is 1. The fourth-order valence-electron chi connectivity index (χ4n) is 2.50. The Kier molecular flexibility index (Phi) is 3.58. The highest BCUT2D eigenvalue weighted by Crippen LogP contribution is 2.29. The van der Waals surface area contributed by atoms with Gasteiger partial charge >= 0.3 is 0 Å². The summed E-state index contributed by atoms with van der Waals surface area (Å²) < 4.78 is 0. The molecule has 1 aliphatic rings. The van der Waals surface area contributed by atoms with Crippen LogP contribution in [0.15, 0.2) is 24.3 Å². The molecule has 2 heteroatoms. The van der Waals surface area contributed by atoms with Crippen LogP contribution in [0.2, 0.25) is 0 Å². The van der Waals surface area contributed by atoms with Crippen molar-refractivity contribution in [3.8, 4) is 6.07 Å². The largest absolute Gasteiger partial charge is 0.306 e. The smallest absolute Gasteiger partial charge is 0.0669 e. The normalized spacial score (nSPS) is 18.2. The lowest BCUT2D eigenvalue weighted by atomic mass is 9.86. The van der Waals surface area contributed by atoms with Gasteiger partial charge in [-0.2, -0.15) is 5.26 Å². The van der Waals surface area contributed by atoms with Crippen molar-refractivity contribution in [2.45, 2.75) is 25.2 Å². The molecule has 0 amide bonds. The zero-order chi connectivity index (χ0) is 11.4. The fraction of sp³-hybridized carbons (Fsp3) is 0.500. The molecule has 1 heterocycles. The lowest BCUT2D eigenvalue weighted by Crippen LogP contribution is -2.29. The summed E-state index contributed by atoms with van der Waals surface area (Å²) >= 11 is 0. The second kappa shape index (κ2) is 5.14. The molecule has 16 heavy (non-hydrogen) atoms. The number of piperidine rings is 1. The zero-order valence-corrected chi connectivity index (χ0v) is 9.82. The molecule has 1 aromatic carbocycles. The first-order chi connectivity index (χ1) is 7.81. The summed E-state index contributed by atoms with van der Waals surface area (Å²) in [4.78, 5) is 2.38. The SMILES string of the molecule is CN1CCC(c2ccccc2CC#N)CC1. The van der Waals surface area contributed by atoms with Gasteiger partial charge in [0.2, 0.25) is 0 Å². The number of nitrogens with zero attached hydrogens (tertiary/aromatic N) is 2. The van der Waals surface area contributed by atoms with E-state index in [9.17, 15) is 0 Å². The molecule has 2 nitrogen and oxygen atoms in total. The molecule has 2 rings (SSSR count). The molecule has 1 fully saturated rings. The average Bonchev–Trinajstić information content (AvgIpc) is 2.32. The predicted octanol–water partition coefficient (Wildman–Crippen LogP) is 2.56. The van der Waals surface area contributed by atoms with Crippen LogP contribution in [0.5, 0.6) is 0 Å². The molecule has 0 spiro atoms. The molecule has 0 saturated carbocycles. The van der Waals surface area contributed by atoms with Crippen LogP contribution in [0, 0.1) is 11.3 Å². The van der Waals surface area contributed by atoms with Gasteiger partial charge in [-0.15, -0.1) is 0 Å². The number of rotatable bonds is 2. The quantitative estimate of drug-likeness (QED) is 0.756. The van der Waals surface area contributed by atoms with Crippen molar-refractivity contribution in [1.29, 1.82) is 5.26 Å². The molecule has 0 atom stereocenters. The Morgan fingerprint density at radius 2 is 2.00 bits per heavy atom. The fourth-order valence-corrected chi connectivity index (χ4v) is 2.50. The lowest BCUT2D eigenvalue weighted by Gasteiger charge is -2.30. The Hall–Kier alpha value is -1.33. The topological polar surface area (TPSA) is 27.0 Å². The third-order valence-electron chi connectivity index (χ3n) is 3.48. The van der Waals surface area contributed by atoms with Crippen LogP contribution < -0.4 is 0 Å². The molecule has 1 saturated heterocycles. The van der Waals surface area contributed by atoms with Gasteiger partial charge in [0.15, 0.2) is 0 Å². The van der Waals surface area contributed by atoms with Gasteiger partial charge in [0.1, 0.15) is 0 Å². The zero-order valence-electron chi connectivity index (χ0n) is 9.82. The summed E-state index contributed by atoms with van der Waals surface area (Å²) in [5.41, 5.74) is 2.62. The molecule has 0 unspecified atom stereocenters. The van der Waals surface area contributed by atoms with Crippen molar-refractivity contribution in [2.75, 3.05) is 20.1 Å². The molecular formula is C14H18N2. The molecule has 0 bridgehead atoms. The van der Waals surface area contributed by atoms with E-state index in [0.717, 1.165) is 0 Å². The predicted molar refractivity (Wildman–Crippen MR) is 65.2 cm³/mol. The van der Waals surface area contributed by atoms with Crippen LogP contribution in [0.3, 0.4) is 0 Å². The van der Waals surface area contributed by atoms with Crippen molar-refractivity contribution >= 4 is 0 Å². The molecule has 0 radical (unpaired) electrons. The minimum Gasteiger partial charge on any atom is -0.306 e. The summed E-state index contributed by atoms with van der Waals surface area (Å²) in [6, 6.07) is 10.7. The van der Waals surface area contributed by atoms with Crippen molar-refractivity contribution in [3.05, 3.63) is 35.4 Å². The van der Waals surface area contributed by atoms with Crippen molar-refractivity contribution in [1.82, 2.24) is 4.90 Å². The third kappa shape index (κ3) is 2.43. The first-order valence-electron chi connectivity index (χ1n) is 5.94. The third-order valence-corrected chi connectivity index (χ3v) is 3.48. The van der Waals surface area contributed by atoms with Gasteiger partial charge in [-0.1, -0.05) is 24.3 Å². The molecule has 0 aliphatic carbocycles. The summed E-state index contributed by atoms with van der Waals surface area (Å²) in [5, 5.41) is 8.83. The summed E-state index contributed by atoms with van der Waals surface area (Å²) in [5.74, 6) is 0.653. The van der Waals surface area contributed by atoms with Crippen LogP contribution >= 0.6 is 0 Å². The molecular weight excluding hydrogens is 196 g/mol. The molecule has 84 valence electrons. The second-order valence-corrected chi connectivity index (χ2v) is 4.61. The first-order valence-corrected chi connectivity index (χ1v) is 5.94. The summed E-state index contributed by atoms with van der Waals surface area (Å²) in [6.07, 6.45) is 2.99. The van der Waals surface area contributed by atoms with E-state index in [1.807, 2.05) is 6.07 Å². The summed E-state index contributed by atoms with van der Waals surface area (Å²) in [7, 11) is 2.18. The number of nitriles is 1. The molecule has 1 aliphatic heterocycles. The maximum Gasteiger partial charge on any atom is 0.0669 e. The molecule has 0 aromatic heterocycles. The standard InChI is InChI=1S/C14H18N2/c1-16-10-7-13(8-11-16)14-5-3-2-4-12(14)6-9-15/h2-5,13H,6-8,10-11H2,1H3. The van der Waals surface area contributed by atoms with E-state index in [4.69, 9.17) is 5.26 Å². The van der Waals surface area contributed by atoms with Gasteiger partial charge < -0.3 is 4.90 Å². The Bertz CT molecular complexity index is 384. The Balaban J connectivity index is 2.17. The number of hydrogen-bond donors (Lipinski definition) is 0. The minimum atomic E-state index is 0.544. The van der Waals surface area contributed by atoms with E-state index in [1.165, 1.54) is 37.1 Å². The van der Waals surface area contributed by atoms with Crippen LogP contribution in [0.25, 0.3) is 0 Å². The van der Waals surface area contributed by atoms with E-state index < -0.39 is 0 Å². The van der Waals surface area contributed by atoms with E-state index in [1.54, 1.807) is 0 Å². The highest BCUT2D eigenvalue weighted by molar-refractivity contribution is 5.32. The Morgan fingerprint density at radius 1 is 1.31 bits per heavy atom. The van der Waals surface area contributed by atoms with Crippen LogP contribution in [-0.4, -0.2) is 25.0 Å². The van der Waals surface area contributed by atoms with Crippen molar-refractivity contribution < 1.29 is 0 Å². The molecule has 0 N–H and O–H groups in total. The van der Waals surface area contributed by atoms with Gasteiger partial charge in [0.25, 0.3) is 0 Å². The van der Waals surface area contributed by atoms with Gasteiger partial charge in [-0.25, -0.2) is 0 Å². The lowest BCUT2D eigenvalue weighted by molar-refractivity contribution is 0.255. The van der Waals surface area contributed by atoms with E-state index in [2.05, 4.69) is 36.2 Å². The maximum absolute atomic E-state index is 8.83. The Labute approximate surface area is 97.5 Å². The van der Waals surface area contributed by atoms with Gasteiger partial charge in [0, 0.05) is 0 Å². The van der Waals surface area contributed by atoms with Crippen molar-refractivity contribution in [2.24, 2.45) is 0 Å². The monoisotopic (exact) mass is 214 g/mol. The van der Waals surface area contributed by atoms with Gasteiger partial charge in [-0.3, -0.25) is 0 Å². The second-order valence-electron chi connectivity index (χ2n) is 4.61. The minimum absolute atomic E-state index is 0.544. The Morgan fingerprint density at radius 3 is 2.69 bits per heavy atom. The first kappa shape index (κ1) is 11.2. The average molecular weight is 214 g/mol. The maximum atomic E-state index is 8.83. The summed E-state index contributed by atoms with van der Waals surface area (Å²) in [6.45, 7) is 2.34. The van der Waals surface area contributed by atoms with Crippen LogP contribution in [0.4, 0.5) is 0 Å². The van der Waals surface area contributed by atoms with E-state index >= 15 is 0 Å². The van der Waals surface area contributed by atoms with Crippen LogP contribution in [-0.2, 0) is 6.42 Å². The van der Waals surface area contributed by atoms with Gasteiger partial charge in [0.05, 0.1) is 12.5 Å².